The molecule has 0 radical (unpaired) electrons. The van der Waals surface area contributed by atoms with Gasteiger partial charge in [-0.05, 0) is 55.4 Å². The molecule has 0 bridgehead atoms. The molecule has 0 saturated carbocycles. The van der Waals surface area contributed by atoms with Gasteiger partial charge in [0.15, 0.2) is 0 Å². The van der Waals surface area contributed by atoms with Gasteiger partial charge in [-0.3, -0.25) is 18.6 Å². The second-order valence-electron chi connectivity index (χ2n) is 11.0. The molecule has 3 rings (SSSR count). The highest BCUT2D eigenvalue weighted by atomic mass is 35.5. The van der Waals surface area contributed by atoms with E-state index in [1.54, 1.807) is 54.8 Å². The molecule has 0 saturated heterocycles. The lowest BCUT2D eigenvalue weighted by Crippen LogP contribution is -2.24. The Labute approximate surface area is 235 Å². The second-order valence-corrected chi connectivity index (χ2v) is 12.9. The van der Waals surface area contributed by atoms with Crippen molar-refractivity contribution < 1.29 is 22.9 Å². The zero-order valence-corrected chi connectivity index (χ0v) is 25.7. The van der Waals surface area contributed by atoms with Gasteiger partial charge in [0.1, 0.15) is 16.5 Å². The third kappa shape index (κ3) is 8.17. The minimum absolute atomic E-state index is 0.0402. The molecule has 0 unspecified atom stereocenters. The number of aromatic nitrogens is 4. The Morgan fingerprint density at radius 3 is 2.33 bits per heavy atom. The monoisotopic (exact) mass is 577 g/mol. The fraction of sp³-hybridized carbons (Fsp3) is 0.519. The molecule has 2 N–H and O–H groups in total. The number of fused-ring (bicyclic) bond motifs is 1. The number of phosphoric ester groups is 1. The van der Waals surface area contributed by atoms with Gasteiger partial charge in [0.2, 0.25) is 5.95 Å². The quantitative estimate of drug-likeness (QED) is 0.143. The normalized spacial score (nSPS) is 12.5. The molecule has 3 aromatic rings. The molecule has 0 atom stereocenters. The standard InChI is InChI=1S/C27H37ClN5O5P/c1-17-14-30-20(18(2)22(17)35-9)16-33-15-19(21-23(28)31-25(29)32-24(21)33)12-10-11-13-36-39(34,37-26(3,4)5)38-27(6,7)8/h14-15H,11,13,16H2,1-9H3,(H2,29,31,32). The van der Waals surface area contributed by atoms with E-state index in [-0.39, 0.29) is 24.1 Å². The zero-order valence-electron chi connectivity index (χ0n) is 24.0. The average Bonchev–Trinajstić information content (AvgIpc) is 3.10. The molecule has 0 aromatic carbocycles. The number of hydrogen-bond acceptors (Lipinski definition) is 9. The zero-order chi connectivity index (χ0) is 29.2. The summed E-state index contributed by atoms with van der Waals surface area (Å²) in [5, 5.41) is 0.776. The van der Waals surface area contributed by atoms with Crippen LogP contribution in [0.4, 0.5) is 5.95 Å². The molecule has 3 aromatic heterocycles. The number of nitrogens with zero attached hydrogens (tertiary/aromatic N) is 4. The number of phosphoric acid groups is 1. The van der Waals surface area contributed by atoms with E-state index in [1.165, 1.54) is 0 Å². The van der Waals surface area contributed by atoms with Crippen LogP contribution >= 0.6 is 19.4 Å². The number of aryl methyl sites for hydroxylation is 1. The van der Waals surface area contributed by atoms with Crippen LogP contribution in [0.5, 0.6) is 5.75 Å². The predicted molar refractivity (Wildman–Crippen MR) is 153 cm³/mol. The van der Waals surface area contributed by atoms with Crippen molar-refractivity contribution in [3.8, 4) is 17.6 Å². The molecule has 0 amide bonds. The van der Waals surface area contributed by atoms with Crippen LogP contribution in [0, 0.1) is 25.7 Å². The van der Waals surface area contributed by atoms with Gasteiger partial charge in [-0.15, -0.1) is 0 Å². The van der Waals surface area contributed by atoms with E-state index < -0.39 is 19.0 Å². The number of methoxy groups -OCH3 is 1. The molecule has 3 heterocycles. The number of nitrogen functional groups attached to an aromatic ring is 1. The van der Waals surface area contributed by atoms with Gasteiger partial charge in [0.05, 0.1) is 48.1 Å². The Hall–Kier alpha value is -2.67. The molecule has 212 valence electrons. The Balaban J connectivity index is 1.87. The summed E-state index contributed by atoms with van der Waals surface area (Å²) in [6.45, 7) is 15.1. The van der Waals surface area contributed by atoms with Crippen LogP contribution < -0.4 is 10.5 Å². The minimum Gasteiger partial charge on any atom is -0.496 e. The maximum Gasteiger partial charge on any atom is 0.475 e. The van der Waals surface area contributed by atoms with E-state index >= 15 is 0 Å². The number of halogens is 1. The first-order valence-corrected chi connectivity index (χ1v) is 14.3. The van der Waals surface area contributed by atoms with Crippen LogP contribution in [0.25, 0.3) is 11.0 Å². The van der Waals surface area contributed by atoms with Crippen molar-refractivity contribution >= 4 is 36.4 Å². The number of nitrogens with two attached hydrogens (primary N) is 1. The number of rotatable bonds is 8. The van der Waals surface area contributed by atoms with Gasteiger partial charge in [0.25, 0.3) is 0 Å². The van der Waals surface area contributed by atoms with Crippen LogP contribution in [0.15, 0.2) is 12.4 Å². The van der Waals surface area contributed by atoms with Crippen LogP contribution in [-0.4, -0.2) is 44.4 Å². The number of hydrogen-bond donors (Lipinski definition) is 1. The summed E-state index contributed by atoms with van der Waals surface area (Å²) in [7, 11) is -2.18. The number of pyridine rings is 1. The van der Waals surface area contributed by atoms with Gasteiger partial charge >= 0.3 is 7.82 Å². The summed E-state index contributed by atoms with van der Waals surface area (Å²) in [4.78, 5) is 13.1. The first-order chi connectivity index (χ1) is 18.0. The Morgan fingerprint density at radius 2 is 1.74 bits per heavy atom. The summed E-state index contributed by atoms with van der Waals surface area (Å²) < 4.78 is 37.5. The molecule has 0 aliphatic carbocycles. The van der Waals surface area contributed by atoms with Crippen LogP contribution in [0.2, 0.25) is 5.15 Å². The fourth-order valence-corrected chi connectivity index (χ4v) is 5.95. The summed E-state index contributed by atoms with van der Waals surface area (Å²) >= 11 is 6.46. The smallest absolute Gasteiger partial charge is 0.475 e. The minimum atomic E-state index is -3.82. The highest BCUT2D eigenvalue weighted by Crippen LogP contribution is 2.55. The lowest BCUT2D eigenvalue weighted by atomic mass is 10.1. The average molecular weight is 578 g/mol. The lowest BCUT2D eigenvalue weighted by molar-refractivity contribution is 0.00406. The second kappa shape index (κ2) is 11.8. The molecule has 0 spiro atoms. The van der Waals surface area contributed by atoms with Crippen molar-refractivity contribution in [2.24, 2.45) is 0 Å². The van der Waals surface area contributed by atoms with Gasteiger partial charge in [-0.1, -0.05) is 23.4 Å². The summed E-state index contributed by atoms with van der Waals surface area (Å²) in [6, 6.07) is 0. The van der Waals surface area contributed by atoms with Crippen LogP contribution in [0.3, 0.4) is 0 Å². The molecule has 0 aliphatic rings. The largest absolute Gasteiger partial charge is 0.496 e. The molecule has 12 heteroatoms. The maximum absolute atomic E-state index is 13.2. The molecular weight excluding hydrogens is 541 g/mol. The van der Waals surface area contributed by atoms with Crippen molar-refractivity contribution in [1.29, 1.82) is 0 Å². The van der Waals surface area contributed by atoms with Crippen molar-refractivity contribution in [3.63, 3.8) is 0 Å². The lowest BCUT2D eigenvalue weighted by Gasteiger charge is -2.30. The third-order valence-electron chi connectivity index (χ3n) is 5.23. The summed E-state index contributed by atoms with van der Waals surface area (Å²) in [5.74, 6) is 7.00. The van der Waals surface area contributed by atoms with Crippen molar-refractivity contribution in [2.75, 3.05) is 19.5 Å². The molecule has 10 nitrogen and oxygen atoms in total. The van der Waals surface area contributed by atoms with E-state index in [1.807, 2.05) is 24.6 Å². The van der Waals surface area contributed by atoms with Gasteiger partial charge < -0.3 is 15.0 Å². The van der Waals surface area contributed by atoms with E-state index in [2.05, 4.69) is 26.8 Å². The van der Waals surface area contributed by atoms with Crippen molar-refractivity contribution in [1.82, 2.24) is 19.5 Å². The topological polar surface area (TPSA) is 124 Å². The summed E-state index contributed by atoms with van der Waals surface area (Å²) in [5.41, 5.74) is 8.30. The first kappa shape index (κ1) is 30.9. The Kier molecular flexibility index (Phi) is 9.36. The fourth-order valence-electron chi connectivity index (χ4n) is 3.87. The van der Waals surface area contributed by atoms with E-state index in [0.717, 1.165) is 22.6 Å². The molecule has 39 heavy (non-hydrogen) atoms. The maximum atomic E-state index is 13.2. The van der Waals surface area contributed by atoms with E-state index in [9.17, 15) is 4.57 Å². The Morgan fingerprint density at radius 1 is 1.10 bits per heavy atom. The van der Waals surface area contributed by atoms with E-state index in [4.69, 9.17) is 35.6 Å². The van der Waals surface area contributed by atoms with Crippen LogP contribution in [-0.2, 0) is 24.7 Å². The SMILES string of the molecule is COc1c(C)cnc(Cn2cc(C#CCCOP(=O)(OC(C)(C)C)OC(C)(C)C)c3c(Cl)nc(N)nc32)c1C. The Bertz CT molecular complexity index is 1440. The third-order valence-corrected chi connectivity index (χ3v) is 7.55. The van der Waals surface area contributed by atoms with Gasteiger partial charge in [-0.25, -0.2) is 9.55 Å². The number of anilines is 1. The highest BCUT2D eigenvalue weighted by molar-refractivity contribution is 7.48. The first-order valence-electron chi connectivity index (χ1n) is 12.5. The summed E-state index contributed by atoms with van der Waals surface area (Å²) in [6.07, 6.45) is 3.87. The van der Waals surface area contributed by atoms with Crippen molar-refractivity contribution in [2.45, 2.75) is 79.6 Å². The highest BCUT2D eigenvalue weighted by Gasteiger charge is 2.36. The predicted octanol–water partition coefficient (Wildman–Crippen LogP) is 6.23. The van der Waals surface area contributed by atoms with Gasteiger partial charge in [0, 0.05) is 29.9 Å². The van der Waals surface area contributed by atoms with Crippen LogP contribution in [0.1, 0.15) is 70.3 Å². The van der Waals surface area contributed by atoms with Gasteiger partial charge in [-0.2, -0.15) is 4.98 Å². The number of ether oxygens (including phenoxy) is 1. The van der Waals surface area contributed by atoms with Crippen molar-refractivity contribution in [3.05, 3.63) is 39.9 Å². The molecule has 0 fully saturated rings. The molecular formula is C27H37ClN5O5P. The van der Waals surface area contributed by atoms with E-state index in [0.29, 0.717) is 23.1 Å². The molecule has 0 aliphatic heterocycles.